The van der Waals surface area contributed by atoms with Crippen LogP contribution in [-0.2, 0) is 0 Å². The quantitative estimate of drug-likeness (QED) is 0.848. The van der Waals surface area contributed by atoms with Crippen molar-refractivity contribution in [3.63, 3.8) is 0 Å². The zero-order valence-corrected chi connectivity index (χ0v) is 12.3. The van der Waals surface area contributed by atoms with Crippen molar-refractivity contribution in [3.8, 4) is 11.8 Å². The molecular weight excluding hydrogens is 244 g/mol. The van der Waals surface area contributed by atoms with Gasteiger partial charge >= 0.3 is 0 Å². The molecule has 2 atom stereocenters. The van der Waals surface area contributed by atoms with E-state index in [0.29, 0.717) is 0 Å². The van der Waals surface area contributed by atoms with E-state index < -0.39 is 0 Å². The maximum Gasteiger partial charge on any atom is 0.0607 e. The Morgan fingerprint density at radius 1 is 1.15 bits per heavy atom. The molecule has 2 aliphatic heterocycles. The van der Waals surface area contributed by atoms with Gasteiger partial charge in [-0.15, -0.1) is 0 Å². The van der Waals surface area contributed by atoms with Gasteiger partial charge in [-0.05, 0) is 44.4 Å². The molecule has 20 heavy (non-hydrogen) atoms. The summed E-state index contributed by atoms with van der Waals surface area (Å²) < 4.78 is 0. The predicted octanol–water partition coefficient (Wildman–Crippen LogP) is 2.64. The molecule has 0 amide bonds. The van der Waals surface area contributed by atoms with Crippen LogP contribution in [0.5, 0.6) is 0 Å². The maximum atomic E-state index is 3.72. The van der Waals surface area contributed by atoms with Crippen LogP contribution in [0.25, 0.3) is 0 Å². The fourth-order valence-electron chi connectivity index (χ4n) is 3.59. The Balaban J connectivity index is 1.59. The first-order chi connectivity index (χ1) is 9.85. The Kier molecular flexibility index (Phi) is 4.40. The number of piperidine rings is 1. The van der Waals surface area contributed by atoms with Gasteiger partial charge in [0.05, 0.1) is 6.54 Å². The molecule has 0 spiro atoms. The van der Waals surface area contributed by atoms with E-state index in [0.717, 1.165) is 36.8 Å². The lowest BCUT2D eigenvalue weighted by Gasteiger charge is -2.36. The van der Waals surface area contributed by atoms with Gasteiger partial charge in [0.25, 0.3) is 0 Å². The van der Waals surface area contributed by atoms with E-state index in [2.05, 4.69) is 41.1 Å². The Labute approximate surface area is 122 Å². The van der Waals surface area contributed by atoms with Crippen molar-refractivity contribution in [2.45, 2.75) is 50.7 Å². The van der Waals surface area contributed by atoms with Crippen molar-refractivity contribution in [2.24, 2.45) is 0 Å². The molecule has 2 unspecified atom stereocenters. The molecular formula is C18H24N2. The zero-order valence-electron chi connectivity index (χ0n) is 12.3. The SMILES string of the molecule is CCN(CC#Cc1ccccc1)C1CC2CCC(C1)N2. The largest absolute Gasteiger partial charge is 0.311 e. The molecule has 2 heteroatoms. The first kappa shape index (κ1) is 13.7. The highest BCUT2D eigenvalue weighted by Gasteiger charge is 2.35. The average Bonchev–Trinajstić information content (AvgIpc) is 2.83. The molecule has 1 aromatic carbocycles. The lowest BCUT2D eigenvalue weighted by atomic mass is 9.98. The van der Waals surface area contributed by atoms with Crippen LogP contribution in [0.3, 0.4) is 0 Å². The second-order valence-electron chi connectivity index (χ2n) is 5.99. The summed E-state index contributed by atoms with van der Waals surface area (Å²) in [5.41, 5.74) is 1.12. The molecule has 2 saturated heterocycles. The van der Waals surface area contributed by atoms with Crippen LogP contribution in [0.1, 0.15) is 38.2 Å². The van der Waals surface area contributed by atoms with Crippen LogP contribution in [0.15, 0.2) is 30.3 Å². The van der Waals surface area contributed by atoms with Crippen molar-refractivity contribution in [1.29, 1.82) is 0 Å². The minimum absolute atomic E-state index is 0.726. The highest BCUT2D eigenvalue weighted by atomic mass is 15.2. The van der Waals surface area contributed by atoms with E-state index in [1.807, 2.05) is 18.2 Å². The van der Waals surface area contributed by atoms with E-state index in [1.54, 1.807) is 0 Å². The van der Waals surface area contributed by atoms with Gasteiger partial charge in [-0.2, -0.15) is 0 Å². The van der Waals surface area contributed by atoms with Gasteiger partial charge in [0, 0.05) is 23.7 Å². The zero-order chi connectivity index (χ0) is 13.8. The van der Waals surface area contributed by atoms with Gasteiger partial charge in [0.1, 0.15) is 0 Å². The Morgan fingerprint density at radius 3 is 2.50 bits per heavy atom. The smallest absolute Gasteiger partial charge is 0.0607 e. The van der Waals surface area contributed by atoms with Crippen molar-refractivity contribution >= 4 is 0 Å². The van der Waals surface area contributed by atoms with Gasteiger partial charge in [-0.1, -0.05) is 37.0 Å². The number of nitrogens with one attached hydrogen (secondary N) is 1. The van der Waals surface area contributed by atoms with Crippen molar-refractivity contribution < 1.29 is 0 Å². The molecule has 2 bridgehead atoms. The normalized spacial score (nSPS) is 28.2. The highest BCUT2D eigenvalue weighted by molar-refractivity contribution is 5.33. The standard InChI is InChI=1S/C18H24N2/c1-2-20(12-6-9-15-7-4-3-5-8-15)18-13-16-10-11-17(14-18)19-16/h3-5,7-8,16-19H,2,10-14H2,1H3. The summed E-state index contributed by atoms with van der Waals surface area (Å²) >= 11 is 0. The first-order valence-corrected chi connectivity index (χ1v) is 7.89. The van der Waals surface area contributed by atoms with Gasteiger partial charge in [-0.25, -0.2) is 0 Å². The summed E-state index contributed by atoms with van der Waals surface area (Å²) in [4.78, 5) is 2.56. The van der Waals surface area contributed by atoms with Crippen LogP contribution in [0, 0.1) is 11.8 Å². The summed E-state index contributed by atoms with van der Waals surface area (Å²) in [6.07, 6.45) is 5.34. The molecule has 2 heterocycles. The van der Waals surface area contributed by atoms with Crippen LogP contribution in [0.2, 0.25) is 0 Å². The summed E-state index contributed by atoms with van der Waals surface area (Å²) in [5, 5.41) is 3.72. The number of benzene rings is 1. The Bertz CT molecular complexity index is 473. The van der Waals surface area contributed by atoms with Crippen molar-refractivity contribution in [1.82, 2.24) is 10.2 Å². The van der Waals surface area contributed by atoms with E-state index in [9.17, 15) is 0 Å². The lowest BCUT2D eigenvalue weighted by molar-refractivity contribution is 0.165. The third-order valence-corrected chi connectivity index (χ3v) is 4.66. The minimum Gasteiger partial charge on any atom is -0.311 e. The molecule has 1 N–H and O–H groups in total. The van der Waals surface area contributed by atoms with Crippen molar-refractivity contribution in [3.05, 3.63) is 35.9 Å². The maximum absolute atomic E-state index is 3.72. The van der Waals surface area contributed by atoms with Crippen molar-refractivity contribution in [2.75, 3.05) is 13.1 Å². The molecule has 1 aromatic rings. The Morgan fingerprint density at radius 2 is 1.85 bits per heavy atom. The monoisotopic (exact) mass is 268 g/mol. The predicted molar refractivity (Wildman–Crippen MR) is 83.5 cm³/mol. The van der Waals surface area contributed by atoms with Crippen LogP contribution in [-0.4, -0.2) is 36.1 Å². The number of rotatable bonds is 3. The topological polar surface area (TPSA) is 15.3 Å². The van der Waals surface area contributed by atoms with Gasteiger partial charge < -0.3 is 5.32 Å². The molecule has 0 aromatic heterocycles. The minimum atomic E-state index is 0.726. The fraction of sp³-hybridized carbons (Fsp3) is 0.556. The van der Waals surface area contributed by atoms with Crippen LogP contribution in [0.4, 0.5) is 0 Å². The van der Waals surface area contributed by atoms with E-state index >= 15 is 0 Å². The first-order valence-electron chi connectivity index (χ1n) is 7.89. The lowest BCUT2D eigenvalue weighted by Crippen LogP contribution is -2.48. The fourth-order valence-corrected chi connectivity index (χ4v) is 3.59. The third kappa shape index (κ3) is 3.23. The summed E-state index contributed by atoms with van der Waals surface area (Å²) in [5.74, 6) is 6.63. The molecule has 2 nitrogen and oxygen atoms in total. The molecule has 2 aliphatic rings. The third-order valence-electron chi connectivity index (χ3n) is 4.66. The number of hydrogen-bond donors (Lipinski definition) is 1. The number of hydrogen-bond acceptors (Lipinski definition) is 2. The van der Waals surface area contributed by atoms with Crippen LogP contribution < -0.4 is 5.32 Å². The molecule has 0 aliphatic carbocycles. The van der Waals surface area contributed by atoms with Crippen LogP contribution >= 0.6 is 0 Å². The van der Waals surface area contributed by atoms with E-state index in [4.69, 9.17) is 0 Å². The summed E-state index contributed by atoms with van der Waals surface area (Å²) in [6, 6.07) is 12.5. The van der Waals surface area contributed by atoms with E-state index in [-0.39, 0.29) is 0 Å². The van der Waals surface area contributed by atoms with Gasteiger partial charge in [-0.3, -0.25) is 4.90 Å². The average molecular weight is 268 g/mol. The van der Waals surface area contributed by atoms with Gasteiger partial charge in [0.15, 0.2) is 0 Å². The second kappa shape index (κ2) is 6.43. The highest BCUT2D eigenvalue weighted by Crippen LogP contribution is 2.29. The number of nitrogens with zero attached hydrogens (tertiary/aromatic N) is 1. The molecule has 106 valence electrons. The number of fused-ring (bicyclic) bond motifs is 2. The molecule has 0 radical (unpaired) electrons. The second-order valence-corrected chi connectivity index (χ2v) is 5.99. The molecule has 0 saturated carbocycles. The van der Waals surface area contributed by atoms with Gasteiger partial charge in [0.2, 0.25) is 0 Å². The summed E-state index contributed by atoms with van der Waals surface area (Å²) in [7, 11) is 0. The Hall–Kier alpha value is -1.30. The van der Waals surface area contributed by atoms with E-state index in [1.165, 1.54) is 25.7 Å². The molecule has 3 rings (SSSR count). The molecule has 2 fully saturated rings. The summed E-state index contributed by atoms with van der Waals surface area (Å²) in [6.45, 7) is 4.26.